The van der Waals surface area contributed by atoms with Gasteiger partial charge in [-0.1, -0.05) is 60.7 Å². The Kier molecular flexibility index (Phi) is 8.17. The molecule has 2 aromatic carbocycles. The number of hydrogen-bond donors (Lipinski definition) is 2. The molecule has 0 fully saturated rings. The van der Waals surface area contributed by atoms with Gasteiger partial charge >= 0.3 is 0 Å². The van der Waals surface area contributed by atoms with Gasteiger partial charge in [0, 0.05) is 0 Å². The lowest BCUT2D eigenvalue weighted by atomic mass is 9.99. The van der Waals surface area contributed by atoms with Crippen molar-refractivity contribution in [2.75, 3.05) is 0 Å². The Morgan fingerprint density at radius 1 is 0.583 bits per heavy atom. The highest BCUT2D eigenvalue weighted by atomic mass is 16.3. The third kappa shape index (κ3) is 11.0. The lowest BCUT2D eigenvalue weighted by Crippen LogP contribution is -2.19. The molecule has 0 aliphatic carbocycles. The van der Waals surface area contributed by atoms with Crippen molar-refractivity contribution in [1.82, 2.24) is 0 Å². The normalized spacial score (nSPS) is 11.6. The molecule has 0 spiro atoms. The van der Waals surface area contributed by atoms with Crippen molar-refractivity contribution in [1.29, 1.82) is 0 Å². The monoisotopic (exact) mass is 328 g/mol. The zero-order valence-corrected chi connectivity index (χ0v) is 15.5. The van der Waals surface area contributed by atoms with E-state index in [1.807, 2.05) is 64.1 Å². The molecule has 0 heterocycles. The summed E-state index contributed by atoms with van der Waals surface area (Å²) in [6.45, 7) is 7.37. The van der Waals surface area contributed by atoms with Crippen LogP contribution in [0.4, 0.5) is 0 Å². The smallest absolute Gasteiger partial charge is 0.0594 e. The van der Waals surface area contributed by atoms with Gasteiger partial charge in [0.1, 0.15) is 0 Å². The Balaban J connectivity index is 0.000000240. The number of aliphatic hydroxyl groups is 2. The third-order valence-electron chi connectivity index (χ3n) is 3.74. The minimum atomic E-state index is -0.546. The molecule has 0 aliphatic heterocycles. The minimum absolute atomic E-state index is 0.546. The highest BCUT2D eigenvalue weighted by molar-refractivity contribution is 5.15. The van der Waals surface area contributed by atoms with Gasteiger partial charge in [-0.25, -0.2) is 0 Å². The predicted molar refractivity (Wildman–Crippen MR) is 102 cm³/mol. The highest BCUT2D eigenvalue weighted by Gasteiger charge is 2.12. The second-order valence-corrected chi connectivity index (χ2v) is 7.60. The van der Waals surface area contributed by atoms with Gasteiger partial charge in [-0.05, 0) is 64.5 Å². The van der Waals surface area contributed by atoms with Crippen LogP contribution in [-0.4, -0.2) is 21.4 Å². The van der Waals surface area contributed by atoms with Gasteiger partial charge in [-0.2, -0.15) is 0 Å². The fourth-order valence-electron chi connectivity index (χ4n) is 2.19. The molecule has 0 bridgehead atoms. The highest BCUT2D eigenvalue weighted by Crippen LogP contribution is 2.13. The maximum absolute atomic E-state index is 9.48. The summed E-state index contributed by atoms with van der Waals surface area (Å²) >= 11 is 0. The summed E-state index contributed by atoms with van der Waals surface area (Å²) < 4.78 is 0. The molecule has 0 saturated carbocycles. The van der Waals surface area contributed by atoms with E-state index in [1.54, 1.807) is 0 Å². The Labute approximate surface area is 147 Å². The molecule has 0 atom stereocenters. The molecule has 2 aromatic rings. The average Bonchev–Trinajstić information content (AvgIpc) is 2.52. The molecule has 2 heteroatoms. The quantitative estimate of drug-likeness (QED) is 0.801. The summed E-state index contributed by atoms with van der Waals surface area (Å²) in [4.78, 5) is 0. The fraction of sp³-hybridized carbons (Fsp3) is 0.455. The zero-order valence-electron chi connectivity index (χ0n) is 15.5. The van der Waals surface area contributed by atoms with Gasteiger partial charge in [0.15, 0.2) is 0 Å². The molecule has 24 heavy (non-hydrogen) atoms. The van der Waals surface area contributed by atoms with Crippen LogP contribution < -0.4 is 0 Å². The summed E-state index contributed by atoms with van der Waals surface area (Å²) in [6, 6.07) is 20.5. The predicted octanol–water partition coefficient (Wildman–Crippen LogP) is 4.78. The topological polar surface area (TPSA) is 40.5 Å². The van der Waals surface area contributed by atoms with Crippen molar-refractivity contribution in [3.8, 4) is 0 Å². The first-order chi connectivity index (χ1) is 11.2. The Morgan fingerprint density at radius 2 is 0.875 bits per heavy atom. The molecule has 0 unspecified atom stereocenters. The van der Waals surface area contributed by atoms with E-state index >= 15 is 0 Å². The maximum atomic E-state index is 9.48. The van der Waals surface area contributed by atoms with Crippen molar-refractivity contribution in [3.63, 3.8) is 0 Å². The molecule has 2 rings (SSSR count). The van der Waals surface area contributed by atoms with Gasteiger partial charge in [0.25, 0.3) is 0 Å². The molecule has 2 N–H and O–H groups in total. The maximum Gasteiger partial charge on any atom is 0.0594 e. The summed E-state index contributed by atoms with van der Waals surface area (Å²) in [5, 5.41) is 19.0. The van der Waals surface area contributed by atoms with Crippen LogP contribution >= 0.6 is 0 Å². The van der Waals surface area contributed by atoms with E-state index in [0.29, 0.717) is 0 Å². The van der Waals surface area contributed by atoms with Crippen LogP contribution in [0.3, 0.4) is 0 Å². The molecule has 0 amide bonds. The lowest BCUT2D eigenvalue weighted by Gasteiger charge is -2.16. The van der Waals surface area contributed by atoms with Crippen LogP contribution in [0.1, 0.15) is 51.7 Å². The SMILES string of the molecule is CC(C)(O)CCc1ccccc1.CC(C)(O)CCc1ccccc1. The first-order valence-corrected chi connectivity index (χ1v) is 8.68. The Morgan fingerprint density at radius 3 is 1.12 bits per heavy atom. The summed E-state index contributed by atoms with van der Waals surface area (Å²) in [5.41, 5.74) is 1.49. The van der Waals surface area contributed by atoms with E-state index in [1.165, 1.54) is 11.1 Å². The molecule has 0 aromatic heterocycles. The summed E-state index contributed by atoms with van der Waals surface area (Å²) in [5.74, 6) is 0. The van der Waals surface area contributed by atoms with Gasteiger partial charge in [0.2, 0.25) is 0 Å². The van der Waals surface area contributed by atoms with Gasteiger partial charge < -0.3 is 10.2 Å². The van der Waals surface area contributed by atoms with Gasteiger partial charge in [-0.3, -0.25) is 0 Å². The second kappa shape index (κ2) is 9.61. The number of aryl methyl sites for hydroxylation is 2. The van der Waals surface area contributed by atoms with Crippen molar-refractivity contribution in [3.05, 3.63) is 71.8 Å². The molecular weight excluding hydrogens is 296 g/mol. The molecule has 0 radical (unpaired) electrons. The van der Waals surface area contributed by atoms with Crippen LogP contribution in [0.15, 0.2) is 60.7 Å². The van der Waals surface area contributed by atoms with Crippen LogP contribution in [0.25, 0.3) is 0 Å². The second-order valence-electron chi connectivity index (χ2n) is 7.60. The van der Waals surface area contributed by atoms with Crippen LogP contribution in [0, 0.1) is 0 Å². The first kappa shape index (κ1) is 20.4. The Bertz CT molecular complexity index is 495. The molecule has 2 nitrogen and oxygen atoms in total. The number of rotatable bonds is 6. The Hall–Kier alpha value is -1.64. The van der Waals surface area contributed by atoms with E-state index in [4.69, 9.17) is 0 Å². The number of benzene rings is 2. The van der Waals surface area contributed by atoms with Gasteiger partial charge in [-0.15, -0.1) is 0 Å². The van der Waals surface area contributed by atoms with E-state index < -0.39 is 11.2 Å². The number of hydrogen-bond acceptors (Lipinski definition) is 2. The van der Waals surface area contributed by atoms with Gasteiger partial charge in [0.05, 0.1) is 11.2 Å². The van der Waals surface area contributed by atoms with E-state index in [-0.39, 0.29) is 0 Å². The zero-order chi connectivity index (χ0) is 18.1. The largest absolute Gasteiger partial charge is 0.390 e. The van der Waals surface area contributed by atoms with Crippen molar-refractivity contribution >= 4 is 0 Å². The third-order valence-corrected chi connectivity index (χ3v) is 3.74. The summed E-state index contributed by atoms with van der Waals surface area (Å²) in [6.07, 6.45) is 3.53. The first-order valence-electron chi connectivity index (χ1n) is 8.68. The molecular formula is C22H32O2. The van der Waals surface area contributed by atoms with E-state index in [2.05, 4.69) is 24.3 Å². The minimum Gasteiger partial charge on any atom is -0.390 e. The molecule has 0 saturated heterocycles. The molecule has 132 valence electrons. The standard InChI is InChI=1S/2C11H16O/c2*1-11(2,12)9-8-10-6-4-3-5-7-10/h2*3-7,12H,8-9H2,1-2H3. The fourth-order valence-corrected chi connectivity index (χ4v) is 2.19. The van der Waals surface area contributed by atoms with Crippen molar-refractivity contribution in [2.24, 2.45) is 0 Å². The van der Waals surface area contributed by atoms with Crippen LogP contribution in [0.5, 0.6) is 0 Å². The van der Waals surface area contributed by atoms with Crippen LogP contribution in [0.2, 0.25) is 0 Å². The van der Waals surface area contributed by atoms with E-state index in [0.717, 1.165) is 25.7 Å². The van der Waals surface area contributed by atoms with Crippen molar-refractivity contribution < 1.29 is 10.2 Å². The average molecular weight is 328 g/mol. The summed E-state index contributed by atoms with van der Waals surface area (Å²) in [7, 11) is 0. The van der Waals surface area contributed by atoms with E-state index in [9.17, 15) is 10.2 Å². The van der Waals surface area contributed by atoms with Crippen molar-refractivity contribution in [2.45, 2.75) is 64.6 Å². The van der Waals surface area contributed by atoms with Crippen LogP contribution in [-0.2, 0) is 12.8 Å². The lowest BCUT2D eigenvalue weighted by molar-refractivity contribution is 0.0708. The molecule has 0 aliphatic rings.